The maximum atomic E-state index is 14.8. The summed E-state index contributed by atoms with van der Waals surface area (Å²) in [4.78, 5) is 30.1. The highest BCUT2D eigenvalue weighted by Gasteiger charge is 2.35. The lowest BCUT2D eigenvalue weighted by Crippen LogP contribution is -2.53. The minimum Gasteiger partial charge on any atom is -0.493 e. The predicted octanol–water partition coefficient (Wildman–Crippen LogP) is 7.24. The molecule has 0 unspecified atom stereocenters. The lowest BCUT2D eigenvalue weighted by molar-refractivity contribution is -0.140. The first-order valence-electron chi connectivity index (χ1n) is 16.1. The standard InChI is InChI=1S/C38H43Cl2N3O6S/c1-25(2)22-41-38(45)34(20-28-10-8-7-9-11-28)42(23-29-12-14-32(39)33(40)19-29)37(44)24-43(30-17-26(3)16-27(4)18-30)50(46,47)31-13-15-35(48-5)36(21-31)49-6/h7-19,21,25,34H,20,22-24H2,1-6H3,(H,41,45)/t34-/m1/s1. The number of anilines is 1. The third kappa shape index (κ3) is 9.71. The zero-order valence-corrected chi connectivity index (χ0v) is 31.4. The Morgan fingerprint density at radius 2 is 1.46 bits per heavy atom. The fourth-order valence-corrected chi connectivity index (χ4v) is 7.27. The van der Waals surface area contributed by atoms with Gasteiger partial charge in [0.15, 0.2) is 11.5 Å². The van der Waals surface area contributed by atoms with Crippen molar-refractivity contribution in [2.45, 2.75) is 51.6 Å². The second-order valence-corrected chi connectivity index (χ2v) is 15.2. The van der Waals surface area contributed by atoms with E-state index in [0.717, 1.165) is 21.0 Å². The van der Waals surface area contributed by atoms with Gasteiger partial charge in [-0.2, -0.15) is 0 Å². The number of rotatable bonds is 15. The highest BCUT2D eigenvalue weighted by atomic mass is 35.5. The Balaban J connectivity index is 1.86. The Bertz CT molecular complexity index is 1900. The predicted molar refractivity (Wildman–Crippen MR) is 199 cm³/mol. The van der Waals surface area contributed by atoms with Crippen LogP contribution in [0.1, 0.15) is 36.1 Å². The first-order chi connectivity index (χ1) is 23.7. The average molecular weight is 741 g/mol. The number of hydrogen-bond donors (Lipinski definition) is 1. The van der Waals surface area contributed by atoms with E-state index >= 15 is 0 Å². The molecule has 2 amide bonds. The van der Waals surface area contributed by atoms with Crippen LogP contribution >= 0.6 is 23.2 Å². The Labute approximate surface area is 305 Å². The highest BCUT2D eigenvalue weighted by Crippen LogP contribution is 2.33. The fourth-order valence-electron chi connectivity index (χ4n) is 5.54. The minimum atomic E-state index is -4.37. The molecule has 266 valence electrons. The molecule has 50 heavy (non-hydrogen) atoms. The maximum absolute atomic E-state index is 14.8. The van der Waals surface area contributed by atoms with Crippen LogP contribution in [-0.2, 0) is 32.6 Å². The summed E-state index contributed by atoms with van der Waals surface area (Å²) in [5, 5.41) is 3.61. The number of hydrogen-bond acceptors (Lipinski definition) is 6. The minimum absolute atomic E-state index is 0.0422. The van der Waals surface area contributed by atoms with Crippen molar-refractivity contribution < 1.29 is 27.5 Å². The molecule has 4 aromatic carbocycles. The maximum Gasteiger partial charge on any atom is 0.264 e. The van der Waals surface area contributed by atoms with Crippen LogP contribution in [0.3, 0.4) is 0 Å². The van der Waals surface area contributed by atoms with E-state index in [2.05, 4.69) is 5.32 Å². The molecular formula is C38H43Cl2N3O6S. The smallest absolute Gasteiger partial charge is 0.264 e. The number of methoxy groups -OCH3 is 2. The molecule has 0 radical (unpaired) electrons. The number of benzene rings is 4. The van der Waals surface area contributed by atoms with Crippen molar-refractivity contribution >= 4 is 50.7 Å². The number of carbonyl (C=O) groups is 2. The summed E-state index contributed by atoms with van der Waals surface area (Å²) in [5.74, 6) is -0.241. The summed E-state index contributed by atoms with van der Waals surface area (Å²) in [7, 11) is -1.50. The number of amides is 2. The van der Waals surface area contributed by atoms with E-state index in [1.54, 1.807) is 30.3 Å². The number of aryl methyl sites for hydroxylation is 2. The van der Waals surface area contributed by atoms with Crippen LogP contribution in [0.2, 0.25) is 10.0 Å². The first kappa shape index (κ1) is 38.6. The average Bonchev–Trinajstić information content (AvgIpc) is 3.08. The quantitative estimate of drug-likeness (QED) is 0.138. The zero-order chi connectivity index (χ0) is 36.6. The third-order valence-corrected chi connectivity index (χ3v) is 10.5. The van der Waals surface area contributed by atoms with E-state index in [-0.39, 0.29) is 40.5 Å². The molecule has 0 saturated carbocycles. The van der Waals surface area contributed by atoms with Crippen LogP contribution in [0.15, 0.2) is 89.8 Å². The van der Waals surface area contributed by atoms with Gasteiger partial charge in [-0.05, 0) is 78.4 Å². The van der Waals surface area contributed by atoms with Gasteiger partial charge in [0, 0.05) is 25.6 Å². The van der Waals surface area contributed by atoms with E-state index in [1.807, 2.05) is 64.1 Å². The Morgan fingerprint density at radius 3 is 2.06 bits per heavy atom. The highest BCUT2D eigenvalue weighted by molar-refractivity contribution is 7.92. The van der Waals surface area contributed by atoms with Gasteiger partial charge in [-0.3, -0.25) is 13.9 Å². The molecule has 4 rings (SSSR count). The Hall–Kier alpha value is -4.25. The Morgan fingerprint density at radius 1 is 0.800 bits per heavy atom. The SMILES string of the molecule is COc1ccc(S(=O)(=O)N(CC(=O)N(Cc2ccc(Cl)c(Cl)c2)[C@H](Cc2ccccc2)C(=O)NCC(C)C)c2cc(C)cc(C)c2)cc1OC. The molecule has 4 aromatic rings. The van der Waals surface area contributed by atoms with Crippen LogP contribution in [0.5, 0.6) is 11.5 Å². The van der Waals surface area contributed by atoms with Crippen molar-refractivity contribution in [1.82, 2.24) is 10.2 Å². The molecule has 0 aromatic heterocycles. The molecule has 9 nitrogen and oxygen atoms in total. The summed E-state index contributed by atoms with van der Waals surface area (Å²) in [6.45, 7) is 7.40. The van der Waals surface area contributed by atoms with Crippen LogP contribution in [0.4, 0.5) is 5.69 Å². The number of ether oxygens (including phenoxy) is 2. The first-order valence-corrected chi connectivity index (χ1v) is 18.3. The van der Waals surface area contributed by atoms with E-state index in [9.17, 15) is 18.0 Å². The van der Waals surface area contributed by atoms with Crippen molar-refractivity contribution in [3.8, 4) is 11.5 Å². The van der Waals surface area contributed by atoms with Gasteiger partial charge in [0.25, 0.3) is 10.0 Å². The van der Waals surface area contributed by atoms with Crippen LogP contribution in [0.25, 0.3) is 0 Å². The van der Waals surface area contributed by atoms with Crippen molar-refractivity contribution in [2.75, 3.05) is 31.6 Å². The van der Waals surface area contributed by atoms with Gasteiger partial charge in [-0.25, -0.2) is 8.42 Å². The summed E-state index contributed by atoms with van der Waals surface area (Å²) < 4.78 is 40.9. The number of carbonyl (C=O) groups excluding carboxylic acids is 2. The summed E-state index contributed by atoms with van der Waals surface area (Å²) in [5.41, 5.74) is 3.35. The normalized spacial score (nSPS) is 11.9. The topological polar surface area (TPSA) is 105 Å². The molecule has 12 heteroatoms. The molecule has 1 N–H and O–H groups in total. The van der Waals surface area contributed by atoms with Crippen LogP contribution in [0, 0.1) is 19.8 Å². The molecule has 0 aliphatic carbocycles. The van der Waals surface area contributed by atoms with Crippen LogP contribution < -0.4 is 19.1 Å². The monoisotopic (exact) mass is 739 g/mol. The molecule has 1 atom stereocenters. The zero-order valence-electron chi connectivity index (χ0n) is 29.1. The summed E-state index contributed by atoms with van der Waals surface area (Å²) in [6.07, 6.45) is 0.184. The molecule has 0 heterocycles. The summed E-state index contributed by atoms with van der Waals surface area (Å²) in [6, 6.07) is 22.9. The largest absolute Gasteiger partial charge is 0.493 e. The van der Waals surface area contributed by atoms with Crippen LogP contribution in [-0.4, -0.2) is 58.5 Å². The number of halogens is 2. The van der Waals surface area contributed by atoms with Gasteiger partial charge in [0.2, 0.25) is 11.8 Å². The number of nitrogens with zero attached hydrogens (tertiary/aromatic N) is 2. The van der Waals surface area contributed by atoms with E-state index in [0.29, 0.717) is 28.6 Å². The van der Waals surface area contributed by atoms with Crippen molar-refractivity contribution in [3.05, 3.63) is 117 Å². The molecule has 0 aliphatic heterocycles. The van der Waals surface area contributed by atoms with Crippen molar-refractivity contribution in [3.63, 3.8) is 0 Å². The van der Waals surface area contributed by atoms with Crippen molar-refractivity contribution in [1.29, 1.82) is 0 Å². The molecule has 0 bridgehead atoms. The number of sulfonamides is 1. The Kier molecular flexibility index (Phi) is 13.2. The van der Waals surface area contributed by atoms with E-state index in [1.165, 1.54) is 37.3 Å². The van der Waals surface area contributed by atoms with Gasteiger partial charge < -0.3 is 19.7 Å². The van der Waals surface area contributed by atoms with E-state index in [4.69, 9.17) is 32.7 Å². The summed E-state index contributed by atoms with van der Waals surface area (Å²) >= 11 is 12.6. The molecule has 0 spiro atoms. The molecule has 0 aliphatic rings. The lowest BCUT2D eigenvalue weighted by atomic mass is 10.0. The second kappa shape index (κ2) is 17.1. The van der Waals surface area contributed by atoms with E-state index < -0.39 is 28.5 Å². The third-order valence-electron chi connectivity index (χ3n) is 8.01. The lowest BCUT2D eigenvalue weighted by Gasteiger charge is -2.34. The van der Waals surface area contributed by atoms with Gasteiger partial charge in [-0.15, -0.1) is 0 Å². The van der Waals surface area contributed by atoms with Gasteiger partial charge >= 0.3 is 0 Å². The van der Waals surface area contributed by atoms with Crippen molar-refractivity contribution in [2.24, 2.45) is 5.92 Å². The molecular weight excluding hydrogens is 697 g/mol. The molecule has 0 saturated heterocycles. The number of nitrogens with one attached hydrogen (secondary N) is 1. The molecule has 0 fully saturated rings. The van der Waals surface area contributed by atoms with Gasteiger partial charge in [-0.1, -0.05) is 79.5 Å². The van der Waals surface area contributed by atoms with Gasteiger partial charge in [0.1, 0.15) is 12.6 Å². The van der Waals surface area contributed by atoms with Gasteiger partial charge in [0.05, 0.1) is 34.8 Å². The second-order valence-electron chi connectivity index (χ2n) is 12.5. The fraction of sp³-hybridized carbons (Fsp3) is 0.316.